The molecule has 0 spiro atoms. The fraction of sp³-hybridized carbons (Fsp3) is 0.457. The number of benzene rings is 3. The van der Waals surface area contributed by atoms with Gasteiger partial charge in [-0.3, -0.25) is 4.79 Å². The van der Waals surface area contributed by atoms with Crippen molar-refractivity contribution >= 4 is 17.8 Å². The summed E-state index contributed by atoms with van der Waals surface area (Å²) in [7, 11) is 0. The van der Waals surface area contributed by atoms with E-state index in [1.54, 1.807) is 84.9 Å². The zero-order valence-corrected chi connectivity index (χ0v) is 33.2. The summed E-state index contributed by atoms with van der Waals surface area (Å²) >= 11 is 0. The number of fused-ring (bicyclic) bond motifs is 6. The highest BCUT2D eigenvalue weighted by molar-refractivity contribution is 5.95. The maximum absolute atomic E-state index is 14.3. The second-order valence-corrected chi connectivity index (χ2v) is 17.1. The molecule has 10 heteroatoms. The number of allylic oxidation sites excluding steroid dienone is 1. The van der Waals surface area contributed by atoms with Crippen molar-refractivity contribution in [3.05, 3.63) is 130 Å². The zero-order valence-electron chi connectivity index (χ0n) is 33.2. The number of amides is 1. The van der Waals surface area contributed by atoms with Gasteiger partial charge in [0, 0.05) is 28.7 Å². The van der Waals surface area contributed by atoms with E-state index in [1.165, 1.54) is 0 Å². The normalized spacial score (nSPS) is 31.3. The van der Waals surface area contributed by atoms with Crippen LogP contribution in [0.1, 0.15) is 100 Å². The predicted octanol–water partition coefficient (Wildman–Crippen LogP) is 7.03. The number of ether oxygens (including phenoxy) is 4. The maximum atomic E-state index is 14.3. The van der Waals surface area contributed by atoms with Crippen molar-refractivity contribution in [3.8, 4) is 0 Å². The zero-order chi connectivity index (χ0) is 40.2. The maximum Gasteiger partial charge on any atom is 0.338 e. The number of hydrogen-bond acceptors (Lipinski definition) is 9. The quantitative estimate of drug-likeness (QED) is 0.163. The second kappa shape index (κ2) is 14.7. The van der Waals surface area contributed by atoms with E-state index in [4.69, 9.17) is 18.9 Å². The fourth-order valence-corrected chi connectivity index (χ4v) is 9.91. The molecule has 1 saturated carbocycles. The van der Waals surface area contributed by atoms with E-state index in [2.05, 4.69) is 18.3 Å². The van der Waals surface area contributed by atoms with Crippen molar-refractivity contribution < 1.29 is 43.5 Å². The molecular formula is C46H53NO9. The first-order chi connectivity index (χ1) is 26.5. The highest BCUT2D eigenvalue weighted by Gasteiger charge is 2.70. The number of aliphatic hydroxyl groups excluding tert-OH is 1. The highest BCUT2D eigenvalue weighted by atomic mass is 16.8. The van der Waals surface area contributed by atoms with Gasteiger partial charge in [-0.25, -0.2) is 9.59 Å². The van der Waals surface area contributed by atoms with Crippen LogP contribution in [-0.4, -0.2) is 70.0 Å². The van der Waals surface area contributed by atoms with E-state index in [9.17, 15) is 24.6 Å². The minimum Gasteiger partial charge on any atom is -0.456 e. The Morgan fingerprint density at radius 1 is 0.821 bits per heavy atom. The number of carbonyl (C=O) groups excluding carboxylic acids is 3. The van der Waals surface area contributed by atoms with E-state index >= 15 is 0 Å². The van der Waals surface area contributed by atoms with Gasteiger partial charge in [0.25, 0.3) is 5.91 Å². The van der Waals surface area contributed by atoms with E-state index in [1.807, 2.05) is 47.6 Å². The van der Waals surface area contributed by atoms with Crippen LogP contribution >= 0.6 is 0 Å². The molecule has 4 aliphatic rings. The van der Waals surface area contributed by atoms with Gasteiger partial charge in [-0.2, -0.15) is 0 Å². The van der Waals surface area contributed by atoms with Crippen LogP contribution in [0.2, 0.25) is 0 Å². The number of carbonyl (C=O) groups is 3. The van der Waals surface area contributed by atoms with Gasteiger partial charge in [0.15, 0.2) is 11.9 Å². The van der Waals surface area contributed by atoms with Crippen LogP contribution in [0.25, 0.3) is 0 Å². The Kier molecular flexibility index (Phi) is 10.4. The molecule has 3 aliphatic carbocycles. The Balaban J connectivity index is 1.32. The molecule has 1 unspecified atom stereocenters. The van der Waals surface area contributed by atoms with Crippen molar-refractivity contribution in [2.24, 2.45) is 16.7 Å². The molecule has 1 saturated heterocycles. The van der Waals surface area contributed by atoms with Gasteiger partial charge >= 0.3 is 11.9 Å². The first-order valence-electron chi connectivity index (χ1n) is 19.5. The molecule has 9 atom stereocenters. The Bertz CT molecular complexity index is 2030. The van der Waals surface area contributed by atoms with Gasteiger partial charge in [-0.15, -0.1) is 0 Å². The third-order valence-electron chi connectivity index (χ3n) is 12.9. The van der Waals surface area contributed by atoms with Gasteiger partial charge in [0.05, 0.1) is 17.7 Å². The van der Waals surface area contributed by atoms with Crippen LogP contribution < -0.4 is 5.32 Å². The van der Waals surface area contributed by atoms with Gasteiger partial charge in [-0.1, -0.05) is 99.2 Å². The molecule has 3 N–H and O–H groups in total. The molecule has 7 rings (SSSR count). The molecule has 2 fully saturated rings. The minimum atomic E-state index is -1.83. The number of rotatable bonds is 8. The van der Waals surface area contributed by atoms with Crippen molar-refractivity contribution in [2.75, 3.05) is 0 Å². The van der Waals surface area contributed by atoms with Crippen LogP contribution in [0.3, 0.4) is 0 Å². The lowest BCUT2D eigenvalue weighted by molar-refractivity contribution is -0.215. The molecule has 296 valence electrons. The Hall–Kier alpha value is -4.61. The molecule has 1 aliphatic heterocycles. The summed E-state index contributed by atoms with van der Waals surface area (Å²) < 4.78 is 26.5. The van der Waals surface area contributed by atoms with Crippen LogP contribution in [-0.2, 0) is 23.7 Å². The Labute approximate surface area is 328 Å². The summed E-state index contributed by atoms with van der Waals surface area (Å²) in [4.78, 5) is 41.7. The largest absolute Gasteiger partial charge is 0.456 e. The number of esters is 2. The van der Waals surface area contributed by atoms with Gasteiger partial charge in [0.2, 0.25) is 0 Å². The molecule has 2 bridgehead atoms. The molecule has 10 nitrogen and oxygen atoms in total. The average molecular weight is 764 g/mol. The average Bonchev–Trinajstić information content (AvgIpc) is 3.50. The summed E-state index contributed by atoms with van der Waals surface area (Å²) in [6.45, 7) is 13.6. The van der Waals surface area contributed by atoms with Crippen molar-refractivity contribution in [3.63, 3.8) is 0 Å². The van der Waals surface area contributed by atoms with Crippen molar-refractivity contribution in [1.29, 1.82) is 0 Å². The van der Waals surface area contributed by atoms with Crippen molar-refractivity contribution in [2.45, 2.75) is 116 Å². The van der Waals surface area contributed by atoms with E-state index in [0.717, 1.165) is 12.0 Å². The predicted molar refractivity (Wildman–Crippen MR) is 209 cm³/mol. The number of nitrogens with one attached hydrogen (secondary N) is 1. The first kappa shape index (κ1) is 39.6. The summed E-state index contributed by atoms with van der Waals surface area (Å²) in [6.07, 6.45) is -1.73. The third-order valence-corrected chi connectivity index (χ3v) is 12.9. The SMILES string of the molecule is CC1=CCC[C@@]2(C)[C@H]3OC(C)(C)O[C@@H]3C3=C(C)C(OC(=O)[C@H](O)[C@@H](NC(=O)c4ccccc4)c4ccccc4)C[C@@](O)([C@@H](OC(=O)c4ccccc4)[C@H]12)C3(C)C. The van der Waals surface area contributed by atoms with E-state index < -0.39 is 82.5 Å². The van der Waals surface area contributed by atoms with Crippen molar-refractivity contribution in [1.82, 2.24) is 5.32 Å². The van der Waals surface area contributed by atoms with Gasteiger partial charge in [-0.05, 0) is 81.5 Å². The molecular weight excluding hydrogens is 711 g/mol. The van der Waals surface area contributed by atoms with Crippen LogP contribution in [0, 0.1) is 16.7 Å². The fourth-order valence-electron chi connectivity index (χ4n) is 9.91. The molecule has 56 heavy (non-hydrogen) atoms. The molecule has 0 aromatic heterocycles. The molecule has 3 aromatic carbocycles. The summed E-state index contributed by atoms with van der Waals surface area (Å²) in [6, 6.07) is 24.8. The first-order valence-corrected chi connectivity index (χ1v) is 19.5. The topological polar surface area (TPSA) is 141 Å². The Morgan fingerprint density at radius 2 is 1.41 bits per heavy atom. The van der Waals surface area contributed by atoms with Gasteiger partial charge in [0.1, 0.15) is 23.9 Å². The molecule has 3 aromatic rings. The third kappa shape index (κ3) is 6.80. The van der Waals surface area contributed by atoms with Crippen LogP contribution in [0.15, 0.2) is 114 Å². The monoisotopic (exact) mass is 763 g/mol. The van der Waals surface area contributed by atoms with E-state index in [0.29, 0.717) is 34.3 Å². The lowest BCUT2D eigenvalue weighted by Gasteiger charge is -2.61. The minimum absolute atomic E-state index is 0.144. The van der Waals surface area contributed by atoms with Crippen LogP contribution in [0.4, 0.5) is 0 Å². The summed E-state index contributed by atoms with van der Waals surface area (Å²) in [5.41, 5.74) is -0.0554. The summed E-state index contributed by atoms with van der Waals surface area (Å²) in [5, 5.41) is 28.1. The molecule has 1 heterocycles. The Morgan fingerprint density at radius 3 is 2.04 bits per heavy atom. The smallest absolute Gasteiger partial charge is 0.338 e. The standard InChI is InChI=1S/C46H53NO9/c1-27-18-17-25-45(7)33(27)38(54-41(50)31-23-15-10-16-24-31)46(52)26-32(28(2)34(43(46,3)4)37-39(45)56-44(5,6)55-37)53-42(51)36(48)35(29-19-11-8-12-20-29)47-40(49)30-21-13-9-14-22-30/h8-16,18-24,32-33,35-39,48,52H,17,25-26H2,1-7H3,(H,47,49)/t32?,33-,35-,36+,37+,38-,39-,45+,46+/m0/s1. The molecule has 0 radical (unpaired) electrons. The van der Waals surface area contributed by atoms with E-state index in [-0.39, 0.29) is 6.42 Å². The van der Waals surface area contributed by atoms with Crippen LogP contribution in [0.5, 0.6) is 0 Å². The lowest BCUT2D eigenvalue weighted by Crippen LogP contribution is -2.69. The number of hydrogen-bond donors (Lipinski definition) is 3. The second-order valence-electron chi connectivity index (χ2n) is 17.1. The number of aliphatic hydroxyl groups is 2. The highest BCUT2D eigenvalue weighted by Crippen LogP contribution is 2.63. The summed E-state index contributed by atoms with van der Waals surface area (Å²) in [5.74, 6) is -3.56. The lowest BCUT2D eigenvalue weighted by atomic mass is 9.48. The molecule has 1 amide bonds. The van der Waals surface area contributed by atoms with Gasteiger partial charge < -0.3 is 34.5 Å².